The SMILES string of the molecule is COCCN(Cc1cc(CN)ccc1OC)C(C)C. The first-order valence-corrected chi connectivity index (χ1v) is 6.71. The van der Waals surface area contributed by atoms with Gasteiger partial charge >= 0.3 is 0 Å². The topological polar surface area (TPSA) is 47.7 Å². The third-order valence-electron chi connectivity index (χ3n) is 3.27. The molecule has 4 heteroatoms. The number of benzene rings is 1. The lowest BCUT2D eigenvalue weighted by Gasteiger charge is -2.27. The zero-order chi connectivity index (χ0) is 14.3. The van der Waals surface area contributed by atoms with E-state index in [9.17, 15) is 0 Å². The van der Waals surface area contributed by atoms with Crippen molar-refractivity contribution in [3.63, 3.8) is 0 Å². The van der Waals surface area contributed by atoms with E-state index in [-0.39, 0.29) is 0 Å². The van der Waals surface area contributed by atoms with Crippen molar-refractivity contribution in [1.82, 2.24) is 4.90 Å². The molecule has 1 aromatic rings. The van der Waals surface area contributed by atoms with Gasteiger partial charge in [0, 0.05) is 38.3 Å². The summed E-state index contributed by atoms with van der Waals surface area (Å²) >= 11 is 0. The first kappa shape index (κ1) is 16.0. The van der Waals surface area contributed by atoms with Crippen molar-refractivity contribution in [3.05, 3.63) is 29.3 Å². The highest BCUT2D eigenvalue weighted by molar-refractivity contribution is 5.37. The molecule has 0 spiro atoms. The average molecular weight is 266 g/mol. The average Bonchev–Trinajstić information content (AvgIpc) is 2.42. The lowest BCUT2D eigenvalue weighted by molar-refractivity contribution is 0.124. The number of hydrogen-bond donors (Lipinski definition) is 1. The van der Waals surface area contributed by atoms with Gasteiger partial charge < -0.3 is 15.2 Å². The second kappa shape index (κ2) is 8.15. The number of ether oxygens (including phenoxy) is 2. The van der Waals surface area contributed by atoms with Gasteiger partial charge in [-0.1, -0.05) is 6.07 Å². The monoisotopic (exact) mass is 266 g/mol. The molecule has 0 unspecified atom stereocenters. The van der Waals surface area contributed by atoms with E-state index in [4.69, 9.17) is 15.2 Å². The molecule has 19 heavy (non-hydrogen) atoms. The van der Waals surface area contributed by atoms with Gasteiger partial charge in [0.15, 0.2) is 0 Å². The zero-order valence-corrected chi connectivity index (χ0v) is 12.5. The van der Waals surface area contributed by atoms with E-state index < -0.39 is 0 Å². The van der Waals surface area contributed by atoms with Crippen LogP contribution in [0.4, 0.5) is 0 Å². The molecule has 2 N–H and O–H groups in total. The highest BCUT2D eigenvalue weighted by atomic mass is 16.5. The standard InChI is InChI=1S/C15H26N2O2/c1-12(2)17(7-8-18-3)11-14-9-13(10-16)5-6-15(14)19-4/h5-6,9,12H,7-8,10-11,16H2,1-4H3. The molecule has 108 valence electrons. The Balaban J connectivity index is 2.86. The summed E-state index contributed by atoms with van der Waals surface area (Å²) in [5, 5.41) is 0. The molecule has 0 radical (unpaired) electrons. The van der Waals surface area contributed by atoms with Crippen LogP contribution in [0, 0.1) is 0 Å². The number of rotatable bonds is 8. The fourth-order valence-electron chi connectivity index (χ4n) is 2.03. The first-order valence-electron chi connectivity index (χ1n) is 6.71. The molecule has 0 heterocycles. The van der Waals surface area contributed by atoms with Crippen LogP contribution in [-0.2, 0) is 17.8 Å². The molecule has 0 aliphatic heterocycles. The Morgan fingerprint density at radius 1 is 1.26 bits per heavy atom. The van der Waals surface area contributed by atoms with E-state index in [0.29, 0.717) is 12.6 Å². The van der Waals surface area contributed by atoms with Crippen LogP contribution in [0.1, 0.15) is 25.0 Å². The van der Waals surface area contributed by atoms with Gasteiger partial charge in [-0.3, -0.25) is 4.90 Å². The summed E-state index contributed by atoms with van der Waals surface area (Å²) in [7, 11) is 3.43. The summed E-state index contributed by atoms with van der Waals surface area (Å²) in [5.41, 5.74) is 8.01. The van der Waals surface area contributed by atoms with E-state index in [1.807, 2.05) is 12.1 Å². The predicted molar refractivity (Wildman–Crippen MR) is 78.3 cm³/mol. The molecule has 0 atom stereocenters. The van der Waals surface area contributed by atoms with Crippen LogP contribution < -0.4 is 10.5 Å². The second-order valence-corrected chi connectivity index (χ2v) is 4.91. The smallest absolute Gasteiger partial charge is 0.123 e. The molecule has 0 amide bonds. The van der Waals surface area contributed by atoms with Gasteiger partial charge in [-0.2, -0.15) is 0 Å². The third kappa shape index (κ3) is 4.82. The fourth-order valence-corrected chi connectivity index (χ4v) is 2.03. The van der Waals surface area contributed by atoms with E-state index >= 15 is 0 Å². The Bertz CT molecular complexity index is 380. The second-order valence-electron chi connectivity index (χ2n) is 4.91. The summed E-state index contributed by atoms with van der Waals surface area (Å²) in [5.74, 6) is 0.917. The Labute approximate surface area is 116 Å². The van der Waals surface area contributed by atoms with Gasteiger partial charge in [-0.05, 0) is 31.5 Å². The van der Waals surface area contributed by atoms with Gasteiger partial charge in [-0.25, -0.2) is 0 Å². The Morgan fingerprint density at radius 3 is 2.53 bits per heavy atom. The lowest BCUT2D eigenvalue weighted by Crippen LogP contribution is -2.33. The quantitative estimate of drug-likeness (QED) is 0.782. The molecule has 4 nitrogen and oxygen atoms in total. The van der Waals surface area contributed by atoms with Crippen molar-refractivity contribution in [1.29, 1.82) is 0 Å². The summed E-state index contributed by atoms with van der Waals surface area (Å²) in [6.45, 7) is 7.42. The van der Waals surface area contributed by atoms with Gasteiger partial charge in [0.25, 0.3) is 0 Å². The molecule has 0 saturated heterocycles. The molecule has 0 fully saturated rings. The highest BCUT2D eigenvalue weighted by Gasteiger charge is 2.13. The maximum atomic E-state index is 5.71. The minimum Gasteiger partial charge on any atom is -0.496 e. The summed E-state index contributed by atoms with van der Waals surface area (Å²) in [6.07, 6.45) is 0. The van der Waals surface area contributed by atoms with Crippen LogP contribution in [0.5, 0.6) is 5.75 Å². The molecule has 0 aliphatic rings. The Kier molecular flexibility index (Phi) is 6.84. The van der Waals surface area contributed by atoms with Crippen molar-refractivity contribution in [2.45, 2.75) is 33.0 Å². The van der Waals surface area contributed by atoms with Gasteiger partial charge in [0.2, 0.25) is 0 Å². The minimum absolute atomic E-state index is 0.460. The molecule has 0 bridgehead atoms. The molecule has 1 aromatic carbocycles. The molecule has 0 aliphatic carbocycles. The highest BCUT2D eigenvalue weighted by Crippen LogP contribution is 2.22. The molecule has 0 aromatic heterocycles. The van der Waals surface area contributed by atoms with Crippen LogP contribution in [-0.4, -0.2) is 38.3 Å². The van der Waals surface area contributed by atoms with Crippen molar-refractivity contribution in [2.24, 2.45) is 5.73 Å². The van der Waals surface area contributed by atoms with E-state index in [1.165, 1.54) is 5.56 Å². The summed E-state index contributed by atoms with van der Waals surface area (Å²) in [4.78, 5) is 2.36. The molecule has 0 saturated carbocycles. The van der Waals surface area contributed by atoms with E-state index in [2.05, 4.69) is 24.8 Å². The van der Waals surface area contributed by atoms with Crippen LogP contribution >= 0.6 is 0 Å². The predicted octanol–water partition coefficient (Wildman–Crippen LogP) is 2.01. The van der Waals surface area contributed by atoms with Crippen molar-refractivity contribution >= 4 is 0 Å². The number of nitrogens with two attached hydrogens (primary N) is 1. The fraction of sp³-hybridized carbons (Fsp3) is 0.600. The zero-order valence-electron chi connectivity index (χ0n) is 12.5. The van der Waals surface area contributed by atoms with Crippen LogP contribution in [0.25, 0.3) is 0 Å². The summed E-state index contributed by atoms with van der Waals surface area (Å²) < 4.78 is 10.6. The number of hydrogen-bond acceptors (Lipinski definition) is 4. The van der Waals surface area contributed by atoms with Crippen LogP contribution in [0.15, 0.2) is 18.2 Å². The Morgan fingerprint density at radius 2 is 2.00 bits per heavy atom. The van der Waals surface area contributed by atoms with Crippen molar-refractivity contribution in [2.75, 3.05) is 27.4 Å². The third-order valence-corrected chi connectivity index (χ3v) is 3.27. The van der Waals surface area contributed by atoms with Gasteiger partial charge in [0.05, 0.1) is 13.7 Å². The van der Waals surface area contributed by atoms with E-state index in [1.54, 1.807) is 14.2 Å². The molecular weight excluding hydrogens is 240 g/mol. The van der Waals surface area contributed by atoms with Gasteiger partial charge in [0.1, 0.15) is 5.75 Å². The normalized spacial score (nSPS) is 11.3. The summed E-state index contributed by atoms with van der Waals surface area (Å²) in [6, 6.07) is 6.59. The largest absolute Gasteiger partial charge is 0.496 e. The Hall–Kier alpha value is -1.10. The number of nitrogens with zero attached hydrogens (tertiary/aromatic N) is 1. The van der Waals surface area contributed by atoms with Gasteiger partial charge in [-0.15, -0.1) is 0 Å². The first-order chi connectivity index (χ1) is 9.12. The van der Waals surface area contributed by atoms with Crippen LogP contribution in [0.2, 0.25) is 0 Å². The molecular formula is C15H26N2O2. The molecule has 1 rings (SSSR count). The van der Waals surface area contributed by atoms with Crippen molar-refractivity contribution < 1.29 is 9.47 Å². The minimum atomic E-state index is 0.460. The maximum Gasteiger partial charge on any atom is 0.123 e. The number of methoxy groups -OCH3 is 2. The lowest BCUT2D eigenvalue weighted by atomic mass is 10.1. The van der Waals surface area contributed by atoms with Crippen molar-refractivity contribution in [3.8, 4) is 5.75 Å². The maximum absolute atomic E-state index is 5.71. The van der Waals surface area contributed by atoms with Crippen LogP contribution in [0.3, 0.4) is 0 Å². The van der Waals surface area contributed by atoms with E-state index in [0.717, 1.165) is 31.0 Å².